The van der Waals surface area contributed by atoms with Crippen LogP contribution in [0.5, 0.6) is 0 Å². The summed E-state index contributed by atoms with van der Waals surface area (Å²) in [4.78, 5) is 0. The predicted molar refractivity (Wildman–Crippen MR) is 65.3 cm³/mol. The number of halogens is 1. The number of aryl methyl sites for hydroxylation is 1. The maximum Gasteiger partial charge on any atom is 0.0342 e. The first-order valence-electron chi connectivity index (χ1n) is 5.64. The molecule has 0 atom stereocenters. The molecule has 1 aromatic rings. The van der Waals surface area contributed by atoms with Gasteiger partial charge in [-0.05, 0) is 37.8 Å². The van der Waals surface area contributed by atoms with Gasteiger partial charge >= 0.3 is 0 Å². The largest absolute Gasteiger partial charge is 0.312 e. The Morgan fingerprint density at radius 2 is 2.20 bits per heavy atom. The fraction of sp³-hybridized carbons (Fsp3) is 0.538. The minimum Gasteiger partial charge on any atom is -0.312 e. The second-order valence-corrected chi connectivity index (χ2v) is 5.17. The van der Waals surface area contributed by atoms with E-state index in [-0.39, 0.29) is 0 Å². The van der Waals surface area contributed by atoms with Crippen molar-refractivity contribution in [3.63, 3.8) is 0 Å². The van der Waals surface area contributed by atoms with E-state index in [0.717, 1.165) is 19.0 Å². The lowest BCUT2D eigenvalue weighted by atomic mass is 9.85. The summed E-state index contributed by atoms with van der Waals surface area (Å²) in [6.07, 6.45) is 2.37. The summed E-state index contributed by atoms with van der Waals surface area (Å²) in [5, 5.41) is 3.93. The van der Waals surface area contributed by atoms with Crippen molar-refractivity contribution >= 4 is 11.6 Å². The molecule has 1 fully saturated rings. The Balaban J connectivity index is 1.69. The molecule has 0 spiro atoms. The van der Waals surface area contributed by atoms with Crippen molar-refractivity contribution in [2.45, 2.75) is 31.7 Å². The molecule has 82 valence electrons. The van der Waals surface area contributed by atoms with Crippen LogP contribution in [-0.4, -0.2) is 11.9 Å². The van der Waals surface area contributed by atoms with Crippen molar-refractivity contribution in [3.05, 3.63) is 35.4 Å². The number of nitrogens with one attached hydrogen (secondary N) is 1. The predicted octanol–water partition coefficient (Wildman–Crippen LogP) is 3.10. The molecule has 15 heavy (non-hydrogen) atoms. The standard InChI is InChI=1S/C13H18ClN/c1-10-3-2-4-11(5-10)8-15-9-12-6-13(14)7-12/h2-5,12-13,15H,6-9H2,1H3. The van der Waals surface area contributed by atoms with Gasteiger partial charge in [0.05, 0.1) is 0 Å². The summed E-state index contributed by atoms with van der Waals surface area (Å²) < 4.78 is 0. The van der Waals surface area contributed by atoms with E-state index in [1.165, 1.54) is 24.0 Å². The Morgan fingerprint density at radius 1 is 1.40 bits per heavy atom. The first kappa shape index (κ1) is 11.0. The molecule has 0 bridgehead atoms. The Hall–Kier alpha value is -0.530. The minimum atomic E-state index is 0.441. The van der Waals surface area contributed by atoms with Crippen LogP contribution in [0.4, 0.5) is 0 Å². The number of hydrogen-bond acceptors (Lipinski definition) is 1. The van der Waals surface area contributed by atoms with Crippen molar-refractivity contribution < 1.29 is 0 Å². The highest BCUT2D eigenvalue weighted by Crippen LogP contribution is 2.31. The quantitative estimate of drug-likeness (QED) is 0.774. The first-order valence-corrected chi connectivity index (χ1v) is 6.08. The maximum absolute atomic E-state index is 5.93. The van der Waals surface area contributed by atoms with E-state index in [9.17, 15) is 0 Å². The summed E-state index contributed by atoms with van der Waals surface area (Å²) in [7, 11) is 0. The molecule has 2 rings (SSSR count). The molecule has 1 saturated carbocycles. The van der Waals surface area contributed by atoms with Crippen LogP contribution in [0.25, 0.3) is 0 Å². The van der Waals surface area contributed by atoms with E-state index in [2.05, 4.69) is 36.5 Å². The molecule has 1 aromatic carbocycles. The lowest BCUT2D eigenvalue weighted by Crippen LogP contribution is -2.33. The zero-order chi connectivity index (χ0) is 10.7. The number of hydrogen-bond donors (Lipinski definition) is 1. The van der Waals surface area contributed by atoms with Crippen LogP contribution in [0.15, 0.2) is 24.3 Å². The van der Waals surface area contributed by atoms with Gasteiger partial charge < -0.3 is 5.32 Å². The molecule has 0 amide bonds. The molecule has 0 aromatic heterocycles. The summed E-state index contributed by atoms with van der Waals surface area (Å²) in [5.74, 6) is 0.803. The van der Waals surface area contributed by atoms with Gasteiger partial charge in [-0.2, -0.15) is 0 Å². The third kappa shape index (κ3) is 3.22. The van der Waals surface area contributed by atoms with Crippen molar-refractivity contribution in [1.82, 2.24) is 5.32 Å². The molecule has 1 aliphatic rings. The van der Waals surface area contributed by atoms with Crippen LogP contribution in [0.2, 0.25) is 0 Å². The third-order valence-corrected chi connectivity index (χ3v) is 3.38. The molecule has 0 heterocycles. The molecule has 0 aliphatic heterocycles. The average Bonchev–Trinajstić information content (AvgIpc) is 2.15. The van der Waals surface area contributed by atoms with Crippen LogP contribution < -0.4 is 5.32 Å². The zero-order valence-corrected chi connectivity index (χ0v) is 9.93. The van der Waals surface area contributed by atoms with Crippen molar-refractivity contribution in [1.29, 1.82) is 0 Å². The summed E-state index contributed by atoms with van der Waals surface area (Å²) in [6.45, 7) is 4.22. The van der Waals surface area contributed by atoms with Crippen LogP contribution in [0, 0.1) is 12.8 Å². The van der Waals surface area contributed by atoms with Crippen LogP contribution >= 0.6 is 11.6 Å². The zero-order valence-electron chi connectivity index (χ0n) is 9.17. The lowest BCUT2D eigenvalue weighted by molar-refractivity contribution is 0.308. The van der Waals surface area contributed by atoms with Gasteiger partial charge in [0.25, 0.3) is 0 Å². The number of benzene rings is 1. The molecule has 1 aliphatic carbocycles. The summed E-state index contributed by atoms with van der Waals surface area (Å²) in [6, 6.07) is 8.65. The van der Waals surface area contributed by atoms with E-state index in [1.54, 1.807) is 0 Å². The van der Waals surface area contributed by atoms with Gasteiger partial charge in [-0.15, -0.1) is 11.6 Å². The fourth-order valence-electron chi connectivity index (χ4n) is 2.06. The van der Waals surface area contributed by atoms with E-state index >= 15 is 0 Å². The highest BCUT2D eigenvalue weighted by atomic mass is 35.5. The normalized spacial score (nSPS) is 24.9. The Labute approximate surface area is 96.8 Å². The molecule has 0 unspecified atom stereocenters. The van der Waals surface area contributed by atoms with Crippen molar-refractivity contribution in [2.24, 2.45) is 5.92 Å². The molecule has 1 nitrogen and oxygen atoms in total. The Kier molecular flexibility index (Phi) is 3.66. The fourth-order valence-corrected chi connectivity index (χ4v) is 2.57. The number of alkyl halides is 1. The van der Waals surface area contributed by atoms with Crippen molar-refractivity contribution in [2.75, 3.05) is 6.54 Å². The molecule has 0 saturated heterocycles. The third-order valence-electron chi connectivity index (χ3n) is 3.02. The van der Waals surface area contributed by atoms with Gasteiger partial charge in [0.15, 0.2) is 0 Å². The maximum atomic E-state index is 5.93. The molecular formula is C13H18ClN. The van der Waals surface area contributed by atoms with Gasteiger partial charge in [-0.25, -0.2) is 0 Å². The first-order chi connectivity index (χ1) is 7.24. The van der Waals surface area contributed by atoms with Gasteiger partial charge in [0, 0.05) is 11.9 Å². The second kappa shape index (κ2) is 5.00. The molecule has 0 radical (unpaired) electrons. The highest BCUT2D eigenvalue weighted by molar-refractivity contribution is 6.21. The Morgan fingerprint density at radius 3 is 2.87 bits per heavy atom. The monoisotopic (exact) mass is 223 g/mol. The topological polar surface area (TPSA) is 12.0 Å². The van der Waals surface area contributed by atoms with Crippen LogP contribution in [0.1, 0.15) is 24.0 Å². The second-order valence-electron chi connectivity index (χ2n) is 4.55. The highest BCUT2D eigenvalue weighted by Gasteiger charge is 2.26. The van der Waals surface area contributed by atoms with E-state index < -0.39 is 0 Å². The van der Waals surface area contributed by atoms with E-state index in [4.69, 9.17) is 11.6 Å². The SMILES string of the molecule is Cc1cccc(CNCC2CC(Cl)C2)c1. The van der Waals surface area contributed by atoms with E-state index in [1.807, 2.05) is 0 Å². The average molecular weight is 224 g/mol. The molecule has 1 N–H and O–H groups in total. The summed E-state index contributed by atoms with van der Waals surface area (Å²) in [5.41, 5.74) is 2.70. The van der Waals surface area contributed by atoms with Gasteiger partial charge in [0.1, 0.15) is 0 Å². The minimum absolute atomic E-state index is 0.441. The van der Waals surface area contributed by atoms with Gasteiger partial charge in [-0.1, -0.05) is 29.8 Å². The smallest absolute Gasteiger partial charge is 0.0342 e. The molecule has 2 heteroatoms. The number of rotatable bonds is 4. The van der Waals surface area contributed by atoms with E-state index in [0.29, 0.717) is 5.38 Å². The summed E-state index contributed by atoms with van der Waals surface area (Å²) >= 11 is 5.93. The molecular weight excluding hydrogens is 206 g/mol. The van der Waals surface area contributed by atoms with Gasteiger partial charge in [0.2, 0.25) is 0 Å². The Bertz CT molecular complexity index is 318. The lowest BCUT2D eigenvalue weighted by Gasteiger charge is -2.31. The van der Waals surface area contributed by atoms with Crippen molar-refractivity contribution in [3.8, 4) is 0 Å². The van der Waals surface area contributed by atoms with Crippen LogP contribution in [0.3, 0.4) is 0 Å². The van der Waals surface area contributed by atoms with Gasteiger partial charge in [-0.3, -0.25) is 0 Å². The van der Waals surface area contributed by atoms with Crippen LogP contribution in [-0.2, 0) is 6.54 Å².